The van der Waals surface area contributed by atoms with E-state index in [1.165, 1.54) is 7.11 Å². The van der Waals surface area contributed by atoms with Gasteiger partial charge in [-0.05, 0) is 18.6 Å². The van der Waals surface area contributed by atoms with E-state index in [0.29, 0.717) is 6.42 Å². The van der Waals surface area contributed by atoms with E-state index in [1.807, 2.05) is 18.2 Å². The average molecular weight is 191 g/mol. The molecule has 0 aliphatic rings. The van der Waals surface area contributed by atoms with Gasteiger partial charge in [-0.1, -0.05) is 12.1 Å². The lowest BCUT2D eigenvalue weighted by molar-refractivity contribution is -0.142. The van der Waals surface area contributed by atoms with Gasteiger partial charge in [-0.15, -0.1) is 6.58 Å². The van der Waals surface area contributed by atoms with Crippen molar-refractivity contribution in [1.82, 2.24) is 4.98 Å². The average Bonchev–Trinajstić information content (AvgIpc) is 2.26. The third-order valence-electron chi connectivity index (χ3n) is 1.93. The first kappa shape index (κ1) is 10.4. The number of rotatable bonds is 4. The molecule has 3 heteroatoms. The number of carbonyl (C=O) groups excluding carboxylic acids is 1. The molecular formula is C11H13NO2. The van der Waals surface area contributed by atoms with Crippen molar-refractivity contribution in [2.24, 2.45) is 0 Å². The van der Waals surface area contributed by atoms with Crippen LogP contribution in [0.3, 0.4) is 0 Å². The van der Waals surface area contributed by atoms with Crippen LogP contribution in [0.4, 0.5) is 0 Å². The van der Waals surface area contributed by atoms with Crippen LogP contribution in [0.1, 0.15) is 18.0 Å². The third-order valence-corrected chi connectivity index (χ3v) is 1.93. The topological polar surface area (TPSA) is 39.2 Å². The van der Waals surface area contributed by atoms with Crippen molar-refractivity contribution in [1.29, 1.82) is 0 Å². The van der Waals surface area contributed by atoms with E-state index in [0.717, 1.165) is 5.69 Å². The van der Waals surface area contributed by atoms with Crippen LogP contribution in [0, 0.1) is 0 Å². The highest BCUT2D eigenvalue weighted by atomic mass is 16.5. The minimum absolute atomic E-state index is 0.274. The van der Waals surface area contributed by atoms with Crippen molar-refractivity contribution in [3.8, 4) is 0 Å². The van der Waals surface area contributed by atoms with Crippen LogP contribution in [-0.2, 0) is 9.53 Å². The third kappa shape index (κ3) is 2.42. The maximum Gasteiger partial charge on any atom is 0.315 e. The highest BCUT2D eigenvalue weighted by Crippen LogP contribution is 2.18. The molecule has 0 aromatic carbocycles. The molecule has 1 aromatic heterocycles. The van der Waals surface area contributed by atoms with Crippen molar-refractivity contribution in [3.63, 3.8) is 0 Å². The summed E-state index contributed by atoms with van der Waals surface area (Å²) >= 11 is 0. The van der Waals surface area contributed by atoms with Crippen LogP contribution in [-0.4, -0.2) is 18.1 Å². The predicted octanol–water partition coefficient (Wildman–Crippen LogP) is 1.91. The molecule has 0 radical (unpaired) electrons. The maximum absolute atomic E-state index is 11.4. The second-order valence-corrected chi connectivity index (χ2v) is 2.85. The summed E-state index contributed by atoms with van der Waals surface area (Å²) in [5.74, 6) is -0.609. The minimum atomic E-state index is -0.335. The van der Waals surface area contributed by atoms with Crippen LogP contribution in [0.2, 0.25) is 0 Å². The van der Waals surface area contributed by atoms with Gasteiger partial charge >= 0.3 is 5.97 Å². The van der Waals surface area contributed by atoms with Crippen LogP contribution >= 0.6 is 0 Å². The minimum Gasteiger partial charge on any atom is -0.468 e. The molecule has 1 heterocycles. The fourth-order valence-corrected chi connectivity index (χ4v) is 1.23. The number of ether oxygens (including phenoxy) is 1. The summed E-state index contributed by atoms with van der Waals surface area (Å²) in [5, 5.41) is 0. The molecule has 1 atom stereocenters. The molecule has 1 rings (SSSR count). The van der Waals surface area contributed by atoms with Crippen LogP contribution in [0.15, 0.2) is 37.1 Å². The Labute approximate surface area is 83.4 Å². The Morgan fingerprint density at radius 3 is 3.00 bits per heavy atom. The van der Waals surface area contributed by atoms with Gasteiger partial charge in [0.15, 0.2) is 0 Å². The summed E-state index contributed by atoms with van der Waals surface area (Å²) in [6.45, 7) is 3.61. The van der Waals surface area contributed by atoms with Gasteiger partial charge in [0.25, 0.3) is 0 Å². The molecule has 0 aliphatic heterocycles. The summed E-state index contributed by atoms with van der Waals surface area (Å²) in [7, 11) is 1.38. The molecule has 14 heavy (non-hydrogen) atoms. The zero-order chi connectivity index (χ0) is 10.4. The summed E-state index contributed by atoms with van der Waals surface area (Å²) < 4.78 is 4.69. The quantitative estimate of drug-likeness (QED) is 0.539. The fourth-order valence-electron chi connectivity index (χ4n) is 1.23. The zero-order valence-corrected chi connectivity index (χ0v) is 8.14. The monoisotopic (exact) mass is 191 g/mol. The van der Waals surface area contributed by atoms with Crippen LogP contribution in [0.5, 0.6) is 0 Å². The summed E-state index contributed by atoms with van der Waals surface area (Å²) in [4.78, 5) is 15.5. The lowest BCUT2D eigenvalue weighted by Crippen LogP contribution is -2.14. The summed E-state index contributed by atoms with van der Waals surface area (Å²) in [5.41, 5.74) is 0.722. The van der Waals surface area contributed by atoms with Crippen LogP contribution < -0.4 is 0 Å². The predicted molar refractivity (Wildman–Crippen MR) is 53.8 cm³/mol. The fraction of sp³-hybridized carbons (Fsp3) is 0.273. The van der Waals surface area contributed by atoms with E-state index >= 15 is 0 Å². The lowest BCUT2D eigenvalue weighted by Gasteiger charge is -2.11. The largest absolute Gasteiger partial charge is 0.468 e. The van der Waals surface area contributed by atoms with Gasteiger partial charge < -0.3 is 4.74 Å². The first-order valence-corrected chi connectivity index (χ1v) is 4.39. The molecule has 0 bridgehead atoms. The number of nitrogens with zero attached hydrogens (tertiary/aromatic N) is 1. The highest BCUT2D eigenvalue weighted by molar-refractivity contribution is 5.77. The van der Waals surface area contributed by atoms with E-state index in [1.54, 1.807) is 12.3 Å². The number of hydrogen-bond acceptors (Lipinski definition) is 3. The van der Waals surface area contributed by atoms with Crippen molar-refractivity contribution in [3.05, 3.63) is 42.7 Å². The maximum atomic E-state index is 11.4. The SMILES string of the molecule is C=CCC(C(=O)OC)c1ccccn1. The Bertz CT molecular complexity index is 308. The first-order valence-electron chi connectivity index (χ1n) is 4.39. The standard InChI is InChI=1S/C11H13NO2/c1-3-6-9(11(13)14-2)10-7-4-5-8-12-10/h3-5,7-9H,1,6H2,2H3. The molecule has 0 saturated carbocycles. The van der Waals surface area contributed by atoms with Gasteiger partial charge in [0.05, 0.1) is 12.8 Å². The van der Waals surface area contributed by atoms with Gasteiger partial charge in [-0.2, -0.15) is 0 Å². The molecule has 1 unspecified atom stereocenters. The van der Waals surface area contributed by atoms with Gasteiger partial charge in [0, 0.05) is 6.20 Å². The molecule has 74 valence electrons. The number of methoxy groups -OCH3 is 1. The molecule has 0 aliphatic carbocycles. The molecule has 0 amide bonds. The zero-order valence-electron chi connectivity index (χ0n) is 8.14. The number of carbonyl (C=O) groups is 1. The molecular weight excluding hydrogens is 178 g/mol. The molecule has 3 nitrogen and oxygen atoms in total. The Hall–Kier alpha value is -1.64. The van der Waals surface area contributed by atoms with Crippen molar-refractivity contribution < 1.29 is 9.53 Å². The highest BCUT2D eigenvalue weighted by Gasteiger charge is 2.20. The van der Waals surface area contributed by atoms with E-state index in [9.17, 15) is 4.79 Å². The number of allylic oxidation sites excluding steroid dienone is 1. The molecule has 0 saturated heterocycles. The van der Waals surface area contributed by atoms with Crippen LogP contribution in [0.25, 0.3) is 0 Å². The van der Waals surface area contributed by atoms with E-state index in [2.05, 4.69) is 11.6 Å². The number of aromatic nitrogens is 1. The first-order chi connectivity index (χ1) is 6.79. The van der Waals surface area contributed by atoms with Gasteiger partial charge in [0.2, 0.25) is 0 Å². The van der Waals surface area contributed by atoms with Crippen molar-refractivity contribution in [2.45, 2.75) is 12.3 Å². The number of pyridine rings is 1. The Kier molecular flexibility index (Phi) is 3.85. The second kappa shape index (κ2) is 5.17. The number of hydrogen-bond donors (Lipinski definition) is 0. The summed E-state index contributed by atoms with van der Waals surface area (Å²) in [6, 6.07) is 5.47. The normalized spacial score (nSPS) is 11.8. The van der Waals surface area contributed by atoms with E-state index in [4.69, 9.17) is 4.74 Å². The van der Waals surface area contributed by atoms with Gasteiger partial charge in [-0.25, -0.2) is 0 Å². The van der Waals surface area contributed by atoms with E-state index in [-0.39, 0.29) is 11.9 Å². The lowest BCUT2D eigenvalue weighted by atomic mass is 10.0. The second-order valence-electron chi connectivity index (χ2n) is 2.85. The Balaban J connectivity index is 2.88. The Morgan fingerprint density at radius 1 is 1.71 bits per heavy atom. The smallest absolute Gasteiger partial charge is 0.315 e. The molecule has 0 fully saturated rings. The van der Waals surface area contributed by atoms with Crippen molar-refractivity contribution >= 4 is 5.97 Å². The number of esters is 1. The van der Waals surface area contributed by atoms with Crippen molar-refractivity contribution in [2.75, 3.05) is 7.11 Å². The molecule has 0 N–H and O–H groups in total. The van der Waals surface area contributed by atoms with Gasteiger partial charge in [0.1, 0.15) is 5.92 Å². The van der Waals surface area contributed by atoms with E-state index < -0.39 is 0 Å². The molecule has 1 aromatic rings. The molecule has 0 spiro atoms. The Morgan fingerprint density at radius 2 is 2.50 bits per heavy atom. The summed E-state index contributed by atoms with van der Waals surface area (Å²) in [6.07, 6.45) is 3.90. The van der Waals surface area contributed by atoms with Gasteiger partial charge in [-0.3, -0.25) is 9.78 Å².